The van der Waals surface area contributed by atoms with Crippen molar-refractivity contribution in [2.75, 3.05) is 23.3 Å². The van der Waals surface area contributed by atoms with Crippen LogP contribution in [0.25, 0.3) is 16.6 Å². The van der Waals surface area contributed by atoms with Gasteiger partial charge in [-0.3, -0.25) is 14.3 Å². The molecular formula is C27H27F2N7O2. The van der Waals surface area contributed by atoms with Gasteiger partial charge in [-0.05, 0) is 48.6 Å². The highest BCUT2D eigenvalue weighted by Crippen LogP contribution is 2.42. The molecule has 1 saturated heterocycles. The normalized spacial score (nSPS) is 18.8. The van der Waals surface area contributed by atoms with Crippen molar-refractivity contribution < 1.29 is 13.6 Å². The summed E-state index contributed by atoms with van der Waals surface area (Å²) in [7, 11) is 0. The first kappa shape index (κ1) is 24.2. The van der Waals surface area contributed by atoms with Crippen molar-refractivity contribution in [3.63, 3.8) is 0 Å². The van der Waals surface area contributed by atoms with Crippen LogP contribution in [-0.4, -0.2) is 44.6 Å². The molecule has 1 aliphatic carbocycles. The van der Waals surface area contributed by atoms with Gasteiger partial charge in [0.2, 0.25) is 0 Å². The zero-order valence-electron chi connectivity index (χ0n) is 21.0. The van der Waals surface area contributed by atoms with Gasteiger partial charge in [0.25, 0.3) is 11.5 Å². The molecule has 1 atom stereocenters. The number of nitrogens with zero attached hydrogens (tertiary/aromatic N) is 5. The molecule has 0 radical (unpaired) electrons. The second kappa shape index (κ2) is 8.73. The number of nitrogens with two attached hydrogens (primary N) is 1. The van der Waals surface area contributed by atoms with Gasteiger partial charge in [0.1, 0.15) is 11.4 Å². The standard InChI is InChI=1S/C27H27F2N7O2/c1-27(2)14-34(13-22(27)30)24-16-12-35(15-6-7-15)32-19(16)8-9-20(24)31-26(38)21-10-11-23(37)36(33-21)25-17(28)4-3-5-18(25)29/h3-5,8-12,15,22H,6-7,13-14,30H2,1-2H3,(H,31,38)/t22-/m0/s1. The lowest BCUT2D eigenvalue weighted by Gasteiger charge is -2.25. The first-order valence-electron chi connectivity index (χ1n) is 12.5. The zero-order chi connectivity index (χ0) is 26.8. The van der Waals surface area contributed by atoms with Gasteiger partial charge in [-0.25, -0.2) is 8.78 Å². The van der Waals surface area contributed by atoms with E-state index in [-0.39, 0.29) is 17.2 Å². The lowest BCUT2D eigenvalue weighted by molar-refractivity contribution is 0.102. The first-order valence-corrected chi connectivity index (χ1v) is 12.5. The van der Waals surface area contributed by atoms with Crippen LogP contribution in [0.4, 0.5) is 20.2 Å². The third kappa shape index (κ3) is 4.12. The number of fused-ring (bicyclic) bond motifs is 1. The Kier molecular flexibility index (Phi) is 5.56. The Labute approximate surface area is 216 Å². The predicted molar refractivity (Wildman–Crippen MR) is 140 cm³/mol. The zero-order valence-corrected chi connectivity index (χ0v) is 21.0. The Hall–Kier alpha value is -4.12. The molecule has 196 valence electrons. The number of carbonyl (C=O) groups is 1. The fourth-order valence-electron chi connectivity index (χ4n) is 4.96. The van der Waals surface area contributed by atoms with E-state index in [4.69, 9.17) is 10.8 Å². The minimum atomic E-state index is -0.967. The summed E-state index contributed by atoms with van der Waals surface area (Å²) in [4.78, 5) is 27.9. The van der Waals surface area contributed by atoms with Gasteiger partial charge < -0.3 is 16.0 Å². The SMILES string of the molecule is CC1(C)CN(c2c(NC(=O)c3ccc(=O)n(-c4c(F)cccc4F)n3)ccc3nn(C4CC4)cc23)C[C@@H]1N. The van der Waals surface area contributed by atoms with E-state index in [9.17, 15) is 18.4 Å². The van der Waals surface area contributed by atoms with Gasteiger partial charge >= 0.3 is 0 Å². The minimum Gasteiger partial charge on any atom is -0.367 e. The number of halogens is 2. The Morgan fingerprint density at radius 3 is 2.45 bits per heavy atom. The number of nitrogens with one attached hydrogen (secondary N) is 1. The molecule has 1 amide bonds. The van der Waals surface area contributed by atoms with Crippen molar-refractivity contribution in [2.24, 2.45) is 11.1 Å². The number of anilines is 2. The van der Waals surface area contributed by atoms with E-state index < -0.39 is 28.8 Å². The monoisotopic (exact) mass is 519 g/mol. The second-order valence-corrected chi connectivity index (χ2v) is 10.7. The first-order chi connectivity index (χ1) is 18.1. The molecule has 3 N–H and O–H groups in total. The number of hydrogen-bond donors (Lipinski definition) is 2. The van der Waals surface area contributed by atoms with Crippen LogP contribution in [-0.2, 0) is 0 Å². The van der Waals surface area contributed by atoms with Crippen molar-refractivity contribution in [1.29, 1.82) is 0 Å². The van der Waals surface area contributed by atoms with Gasteiger partial charge in [0.15, 0.2) is 11.6 Å². The lowest BCUT2D eigenvalue weighted by Crippen LogP contribution is -2.35. The van der Waals surface area contributed by atoms with E-state index >= 15 is 0 Å². The van der Waals surface area contributed by atoms with Crippen LogP contribution in [0.2, 0.25) is 0 Å². The molecule has 11 heteroatoms. The molecule has 1 saturated carbocycles. The number of amides is 1. The highest BCUT2D eigenvalue weighted by molar-refractivity contribution is 6.08. The molecule has 2 aromatic carbocycles. The maximum absolute atomic E-state index is 14.4. The van der Waals surface area contributed by atoms with Crippen molar-refractivity contribution in [3.8, 4) is 5.69 Å². The molecule has 4 aromatic rings. The van der Waals surface area contributed by atoms with E-state index in [1.54, 1.807) is 6.07 Å². The average molecular weight is 520 g/mol. The molecule has 6 rings (SSSR count). The molecule has 0 spiro atoms. The summed E-state index contributed by atoms with van der Waals surface area (Å²) in [5.41, 5.74) is 6.86. The molecule has 38 heavy (non-hydrogen) atoms. The maximum atomic E-state index is 14.4. The van der Waals surface area contributed by atoms with Gasteiger partial charge in [-0.1, -0.05) is 19.9 Å². The number of rotatable bonds is 5. The predicted octanol–water partition coefficient (Wildman–Crippen LogP) is 3.62. The van der Waals surface area contributed by atoms with E-state index in [1.807, 2.05) is 16.9 Å². The highest BCUT2D eigenvalue weighted by atomic mass is 19.1. The topological polar surface area (TPSA) is 111 Å². The van der Waals surface area contributed by atoms with Gasteiger partial charge in [0.05, 0.1) is 22.9 Å². The quantitative estimate of drug-likeness (QED) is 0.417. The molecule has 1 aliphatic heterocycles. The lowest BCUT2D eigenvalue weighted by atomic mass is 9.89. The van der Waals surface area contributed by atoms with E-state index in [2.05, 4.69) is 29.2 Å². The van der Waals surface area contributed by atoms with Gasteiger partial charge in [-0.2, -0.15) is 14.9 Å². The Bertz CT molecular complexity index is 1620. The molecule has 9 nitrogen and oxygen atoms in total. The van der Waals surface area contributed by atoms with Crippen molar-refractivity contribution in [2.45, 2.75) is 38.8 Å². The Balaban J connectivity index is 1.40. The van der Waals surface area contributed by atoms with E-state index in [1.165, 1.54) is 12.1 Å². The van der Waals surface area contributed by atoms with Crippen LogP contribution < -0.4 is 21.5 Å². The largest absolute Gasteiger partial charge is 0.367 e. The van der Waals surface area contributed by atoms with Crippen LogP contribution >= 0.6 is 0 Å². The van der Waals surface area contributed by atoms with Crippen molar-refractivity contribution >= 4 is 28.2 Å². The highest BCUT2D eigenvalue weighted by Gasteiger charge is 2.39. The van der Waals surface area contributed by atoms with Crippen LogP contribution in [0.5, 0.6) is 0 Å². The summed E-state index contributed by atoms with van der Waals surface area (Å²) in [6, 6.07) is 9.45. The smallest absolute Gasteiger partial charge is 0.276 e. The summed E-state index contributed by atoms with van der Waals surface area (Å²) in [5, 5.41) is 12.5. The number of carbonyl (C=O) groups excluding carboxylic acids is 1. The molecule has 2 fully saturated rings. The van der Waals surface area contributed by atoms with Crippen LogP contribution in [0.15, 0.2) is 53.5 Å². The Morgan fingerprint density at radius 2 is 1.79 bits per heavy atom. The number of para-hydroxylation sites is 1. The van der Waals surface area contributed by atoms with Crippen LogP contribution in [0.1, 0.15) is 43.2 Å². The van der Waals surface area contributed by atoms with Crippen molar-refractivity contribution in [1.82, 2.24) is 19.6 Å². The molecular weight excluding hydrogens is 492 g/mol. The van der Waals surface area contributed by atoms with E-state index in [0.717, 1.165) is 47.6 Å². The van der Waals surface area contributed by atoms with Gasteiger partial charge in [0, 0.05) is 36.8 Å². The minimum absolute atomic E-state index is 0.0688. The molecule has 0 bridgehead atoms. The van der Waals surface area contributed by atoms with Gasteiger partial charge in [-0.15, -0.1) is 0 Å². The molecule has 2 aromatic heterocycles. The fourth-order valence-corrected chi connectivity index (χ4v) is 4.96. The molecule has 2 aliphatic rings. The summed E-state index contributed by atoms with van der Waals surface area (Å²) in [6.45, 7) is 5.50. The fraction of sp³-hybridized carbons (Fsp3) is 0.333. The summed E-state index contributed by atoms with van der Waals surface area (Å²) < 4.78 is 31.3. The summed E-state index contributed by atoms with van der Waals surface area (Å²) in [5.74, 6) is -2.57. The summed E-state index contributed by atoms with van der Waals surface area (Å²) in [6.07, 6.45) is 4.17. The molecule has 0 unspecified atom stereocenters. The maximum Gasteiger partial charge on any atom is 0.276 e. The second-order valence-electron chi connectivity index (χ2n) is 10.7. The van der Waals surface area contributed by atoms with Crippen LogP contribution in [0.3, 0.4) is 0 Å². The third-order valence-electron chi connectivity index (χ3n) is 7.37. The Morgan fingerprint density at radius 1 is 1.05 bits per heavy atom. The number of hydrogen-bond acceptors (Lipinski definition) is 6. The number of benzene rings is 2. The van der Waals surface area contributed by atoms with E-state index in [0.29, 0.717) is 29.5 Å². The van der Waals surface area contributed by atoms with Crippen molar-refractivity contribution in [3.05, 3.63) is 76.3 Å². The number of aromatic nitrogens is 4. The molecule has 3 heterocycles. The third-order valence-corrected chi connectivity index (χ3v) is 7.37. The van der Waals surface area contributed by atoms with Crippen LogP contribution in [0, 0.1) is 17.0 Å². The summed E-state index contributed by atoms with van der Waals surface area (Å²) >= 11 is 0. The average Bonchev–Trinajstić information content (AvgIpc) is 3.56.